The number of hydrogen-bond acceptors (Lipinski definition) is 6. The topological polar surface area (TPSA) is 103 Å². The monoisotopic (exact) mass is 601 g/mol. The minimum absolute atomic E-state index is 0.0532. The Kier molecular flexibility index (Phi) is 7.26. The van der Waals surface area contributed by atoms with Crippen molar-refractivity contribution in [3.8, 4) is 33.8 Å². The van der Waals surface area contributed by atoms with Crippen LogP contribution in [0, 0.1) is 13.8 Å². The number of aromatic nitrogens is 5. The van der Waals surface area contributed by atoms with E-state index in [1.807, 2.05) is 31.2 Å². The molecule has 5 rings (SSSR count). The molecule has 1 N–H and O–H groups in total. The van der Waals surface area contributed by atoms with Gasteiger partial charge in [-0.05, 0) is 49.2 Å². The number of benzene rings is 3. The molecular formula is C28H23ClF3N5O3S. The summed E-state index contributed by atoms with van der Waals surface area (Å²) in [5.74, 6) is 0.0954. The molecule has 0 saturated carbocycles. The average Bonchev–Trinajstić information content (AvgIpc) is 3.55. The Morgan fingerprint density at radius 1 is 0.951 bits per heavy atom. The zero-order chi connectivity index (χ0) is 29.7. The van der Waals surface area contributed by atoms with Crippen molar-refractivity contribution >= 4 is 21.4 Å². The van der Waals surface area contributed by atoms with Gasteiger partial charge in [0.2, 0.25) is 0 Å². The predicted octanol–water partition coefficient (Wildman–Crippen LogP) is 5.97. The first-order valence-corrected chi connectivity index (χ1v) is 14.4. The Morgan fingerprint density at radius 3 is 2.24 bits per heavy atom. The van der Waals surface area contributed by atoms with Gasteiger partial charge in [-0.15, -0.1) is 5.10 Å². The van der Waals surface area contributed by atoms with Gasteiger partial charge in [-0.1, -0.05) is 52.7 Å². The van der Waals surface area contributed by atoms with E-state index in [9.17, 15) is 26.7 Å². The first-order chi connectivity index (χ1) is 19.3. The number of hydrogen-bond donors (Lipinski definition) is 1. The molecule has 0 spiro atoms. The number of aliphatic hydroxyl groups excluding tert-OH is 1. The molecule has 2 aromatic heterocycles. The van der Waals surface area contributed by atoms with Crippen LogP contribution in [0.1, 0.15) is 22.6 Å². The van der Waals surface area contributed by atoms with Gasteiger partial charge in [0, 0.05) is 28.6 Å². The number of sulfone groups is 1. The number of nitrogens with zero attached hydrogens (tertiary/aromatic N) is 5. The lowest BCUT2D eigenvalue weighted by atomic mass is 10.0. The van der Waals surface area contributed by atoms with Gasteiger partial charge in [-0.2, -0.15) is 13.2 Å². The molecule has 0 aliphatic carbocycles. The van der Waals surface area contributed by atoms with Crippen LogP contribution in [0.25, 0.3) is 33.8 Å². The second-order valence-electron chi connectivity index (χ2n) is 9.51. The van der Waals surface area contributed by atoms with Gasteiger partial charge in [0.25, 0.3) is 0 Å². The molecule has 0 unspecified atom stereocenters. The highest BCUT2D eigenvalue weighted by Crippen LogP contribution is 2.36. The highest BCUT2D eigenvalue weighted by molar-refractivity contribution is 7.90. The van der Waals surface area contributed by atoms with E-state index in [4.69, 9.17) is 11.6 Å². The first-order valence-electron chi connectivity index (χ1n) is 12.2. The van der Waals surface area contributed by atoms with E-state index in [0.29, 0.717) is 28.2 Å². The van der Waals surface area contributed by atoms with Crippen molar-refractivity contribution < 1.29 is 26.7 Å². The summed E-state index contributed by atoms with van der Waals surface area (Å²) in [5, 5.41) is 18.1. The van der Waals surface area contributed by atoms with Crippen LogP contribution < -0.4 is 0 Å². The van der Waals surface area contributed by atoms with Crippen LogP contribution in [0.3, 0.4) is 0 Å². The fraction of sp³-hybridized carbons (Fsp3) is 0.179. The lowest BCUT2D eigenvalue weighted by molar-refractivity contribution is -0.141. The molecule has 0 atom stereocenters. The lowest BCUT2D eigenvalue weighted by Crippen LogP contribution is -2.08. The third-order valence-electron chi connectivity index (χ3n) is 6.58. The van der Waals surface area contributed by atoms with Crippen LogP contribution in [0.15, 0.2) is 71.9 Å². The van der Waals surface area contributed by atoms with Crippen molar-refractivity contribution in [3.63, 3.8) is 0 Å². The maximum atomic E-state index is 13.5. The normalized spacial score (nSPS) is 12.2. The molecule has 3 aromatic carbocycles. The third kappa shape index (κ3) is 5.50. The van der Waals surface area contributed by atoms with E-state index in [2.05, 4.69) is 15.3 Å². The number of aryl methyl sites for hydroxylation is 2. The van der Waals surface area contributed by atoms with Crippen molar-refractivity contribution in [3.05, 3.63) is 94.7 Å². The molecule has 41 heavy (non-hydrogen) atoms. The Balaban J connectivity index is 1.78. The van der Waals surface area contributed by atoms with Gasteiger partial charge in [-0.3, -0.25) is 0 Å². The maximum absolute atomic E-state index is 13.5. The Hall–Kier alpha value is -4.00. The SMILES string of the molecule is Cc1ccc(-c2cnnn2-c2cc(-c3cc(Cl)c(CO)c(S(C)(=O)=O)c3)ccc2-n2cc(C(F)(F)F)nc2C)cc1. The smallest absolute Gasteiger partial charge is 0.392 e. The van der Waals surface area contributed by atoms with E-state index in [-0.39, 0.29) is 21.3 Å². The zero-order valence-electron chi connectivity index (χ0n) is 22.0. The highest BCUT2D eigenvalue weighted by atomic mass is 35.5. The van der Waals surface area contributed by atoms with Crippen LogP contribution in [-0.4, -0.2) is 44.3 Å². The second-order valence-corrected chi connectivity index (χ2v) is 11.9. The van der Waals surface area contributed by atoms with E-state index in [1.165, 1.54) is 34.5 Å². The Morgan fingerprint density at radius 2 is 1.63 bits per heavy atom. The van der Waals surface area contributed by atoms with E-state index in [1.54, 1.807) is 18.2 Å². The fourth-order valence-electron chi connectivity index (χ4n) is 4.53. The molecule has 2 heterocycles. The number of imidazole rings is 1. The summed E-state index contributed by atoms with van der Waals surface area (Å²) in [6.07, 6.45) is -1.19. The van der Waals surface area contributed by atoms with Crippen molar-refractivity contribution in [2.45, 2.75) is 31.5 Å². The molecule has 212 valence electrons. The van der Waals surface area contributed by atoms with Crippen LogP contribution in [0.5, 0.6) is 0 Å². The molecule has 0 saturated heterocycles. The molecule has 5 aromatic rings. The fourth-order valence-corrected chi connectivity index (χ4v) is 5.82. The van der Waals surface area contributed by atoms with Gasteiger partial charge >= 0.3 is 6.18 Å². The minimum atomic E-state index is -4.65. The largest absolute Gasteiger partial charge is 0.434 e. The Labute approximate surface area is 238 Å². The third-order valence-corrected chi connectivity index (χ3v) is 8.08. The molecule has 0 radical (unpaired) electrons. The van der Waals surface area contributed by atoms with Gasteiger partial charge in [-0.25, -0.2) is 18.1 Å². The van der Waals surface area contributed by atoms with Crippen LogP contribution in [0.2, 0.25) is 5.02 Å². The summed E-state index contributed by atoms with van der Waals surface area (Å²) < 4.78 is 68.4. The summed E-state index contributed by atoms with van der Waals surface area (Å²) in [6, 6.07) is 15.4. The standard InChI is InChI=1S/C28H23ClF3N5O3S/c1-16-4-6-18(7-5-16)25-13-33-35-37(25)24-11-19(20-10-22(29)21(15-38)26(12-20)41(3,39)40)8-9-23(24)36-14-27(28(30,31)32)34-17(36)2/h4-14,38H,15H2,1-3H3. The van der Waals surface area contributed by atoms with Gasteiger partial charge in [0.1, 0.15) is 5.82 Å². The predicted molar refractivity (Wildman–Crippen MR) is 148 cm³/mol. The van der Waals surface area contributed by atoms with Gasteiger partial charge < -0.3 is 9.67 Å². The lowest BCUT2D eigenvalue weighted by Gasteiger charge is -2.17. The summed E-state index contributed by atoms with van der Waals surface area (Å²) in [7, 11) is -3.76. The quantitative estimate of drug-likeness (QED) is 0.257. The second kappa shape index (κ2) is 10.4. The van der Waals surface area contributed by atoms with Gasteiger partial charge in [0.05, 0.1) is 34.8 Å². The number of rotatable bonds is 6. The molecule has 0 fully saturated rings. The van der Waals surface area contributed by atoms with E-state index >= 15 is 0 Å². The Bertz CT molecular complexity index is 1880. The first kappa shape index (κ1) is 28.5. The van der Waals surface area contributed by atoms with Crippen molar-refractivity contribution in [1.82, 2.24) is 24.5 Å². The summed E-state index contributed by atoms with van der Waals surface area (Å²) >= 11 is 6.37. The van der Waals surface area contributed by atoms with Gasteiger partial charge in [0.15, 0.2) is 15.5 Å². The molecule has 0 aliphatic rings. The summed E-state index contributed by atoms with van der Waals surface area (Å²) in [5.41, 5.74) is 2.99. The van der Waals surface area contributed by atoms with Crippen LogP contribution in [-0.2, 0) is 22.6 Å². The molecular weight excluding hydrogens is 579 g/mol. The molecule has 0 amide bonds. The molecule has 8 nitrogen and oxygen atoms in total. The summed E-state index contributed by atoms with van der Waals surface area (Å²) in [4.78, 5) is 3.58. The molecule has 0 bridgehead atoms. The average molecular weight is 602 g/mol. The highest BCUT2D eigenvalue weighted by Gasteiger charge is 2.35. The number of halogens is 4. The summed E-state index contributed by atoms with van der Waals surface area (Å²) in [6.45, 7) is 2.83. The van der Waals surface area contributed by atoms with Crippen LogP contribution in [0.4, 0.5) is 13.2 Å². The minimum Gasteiger partial charge on any atom is -0.392 e. The van der Waals surface area contributed by atoms with E-state index in [0.717, 1.165) is 23.6 Å². The van der Waals surface area contributed by atoms with Crippen LogP contribution >= 0.6 is 11.6 Å². The number of aliphatic hydroxyl groups is 1. The van der Waals surface area contributed by atoms with Crippen molar-refractivity contribution in [1.29, 1.82) is 0 Å². The number of alkyl halides is 3. The van der Waals surface area contributed by atoms with E-state index < -0.39 is 28.3 Å². The maximum Gasteiger partial charge on any atom is 0.434 e. The van der Waals surface area contributed by atoms with Crippen molar-refractivity contribution in [2.75, 3.05) is 6.26 Å². The van der Waals surface area contributed by atoms with Crippen molar-refractivity contribution in [2.24, 2.45) is 0 Å². The molecule has 0 aliphatic heterocycles. The molecule has 13 heteroatoms. The zero-order valence-corrected chi connectivity index (χ0v) is 23.6.